The molecule has 118 valence electrons. The number of hydrogen-bond donors (Lipinski definition) is 1. The Labute approximate surface area is 132 Å². The molecule has 7 nitrogen and oxygen atoms in total. The van der Waals surface area contributed by atoms with E-state index in [1.165, 1.54) is 4.31 Å². The first-order chi connectivity index (χ1) is 10.4. The molecule has 0 radical (unpaired) electrons. The molecule has 1 aromatic carbocycles. The Morgan fingerprint density at radius 2 is 1.82 bits per heavy atom. The van der Waals surface area contributed by atoms with Gasteiger partial charge in [-0.1, -0.05) is 23.7 Å². The van der Waals surface area contributed by atoms with E-state index >= 15 is 0 Å². The van der Waals surface area contributed by atoms with E-state index < -0.39 is 16.1 Å². The Morgan fingerprint density at radius 3 is 2.36 bits per heavy atom. The van der Waals surface area contributed by atoms with Gasteiger partial charge in [0, 0.05) is 18.1 Å². The number of halogens is 1. The van der Waals surface area contributed by atoms with Crippen molar-refractivity contribution in [3.8, 4) is 0 Å². The summed E-state index contributed by atoms with van der Waals surface area (Å²) in [5, 5.41) is 2.97. The van der Waals surface area contributed by atoms with Crippen molar-refractivity contribution in [2.75, 3.05) is 19.6 Å². The summed E-state index contributed by atoms with van der Waals surface area (Å²) in [5.41, 5.74) is 0.642. The minimum Gasteiger partial charge on any atom is -0.329 e. The lowest BCUT2D eigenvalue weighted by Crippen LogP contribution is -2.62. The quantitative estimate of drug-likeness (QED) is 0.802. The molecular formula is C13H14ClN3O4S. The lowest BCUT2D eigenvalue weighted by Gasteiger charge is -2.41. The summed E-state index contributed by atoms with van der Waals surface area (Å²) in [7, 11) is -3.47. The van der Waals surface area contributed by atoms with Crippen molar-refractivity contribution in [2.45, 2.75) is 11.8 Å². The summed E-state index contributed by atoms with van der Waals surface area (Å²) in [6, 6.07) is 5.76. The van der Waals surface area contributed by atoms with E-state index in [0.29, 0.717) is 10.6 Å². The van der Waals surface area contributed by atoms with Crippen molar-refractivity contribution in [3.05, 3.63) is 34.9 Å². The number of urea groups is 1. The van der Waals surface area contributed by atoms with Gasteiger partial charge in [-0.25, -0.2) is 13.2 Å². The van der Waals surface area contributed by atoms with Crippen molar-refractivity contribution in [2.24, 2.45) is 0 Å². The van der Waals surface area contributed by atoms with Gasteiger partial charge in [0.05, 0.1) is 18.3 Å². The Balaban J connectivity index is 1.62. The number of sulfonamides is 1. The predicted octanol–water partition coefficient (Wildman–Crippen LogP) is 0.406. The number of nitrogens with zero attached hydrogens (tertiary/aromatic N) is 2. The molecule has 3 amide bonds. The third kappa shape index (κ3) is 2.81. The summed E-state index contributed by atoms with van der Waals surface area (Å²) < 4.78 is 25.8. The van der Waals surface area contributed by atoms with Crippen LogP contribution in [0, 0.1) is 0 Å². The van der Waals surface area contributed by atoms with Crippen molar-refractivity contribution in [1.82, 2.24) is 14.5 Å². The van der Waals surface area contributed by atoms with Crippen LogP contribution in [-0.4, -0.2) is 55.2 Å². The van der Waals surface area contributed by atoms with Gasteiger partial charge in [0.25, 0.3) is 0 Å². The summed E-state index contributed by atoms with van der Waals surface area (Å²) in [4.78, 5) is 24.2. The summed E-state index contributed by atoms with van der Waals surface area (Å²) in [6.07, 6.45) is 0. The SMILES string of the molecule is O=C1CNC(=O)N1C1CN(S(=O)(=O)Cc2ccc(Cl)cc2)C1. The molecule has 2 aliphatic rings. The molecule has 2 fully saturated rings. The van der Waals surface area contributed by atoms with Crippen LogP contribution >= 0.6 is 11.6 Å². The normalized spacial score (nSPS) is 20.1. The largest absolute Gasteiger partial charge is 0.329 e. The molecule has 2 aliphatic heterocycles. The van der Waals surface area contributed by atoms with E-state index in [0.717, 1.165) is 4.90 Å². The van der Waals surface area contributed by atoms with Gasteiger partial charge >= 0.3 is 6.03 Å². The van der Waals surface area contributed by atoms with Gasteiger partial charge in [-0.2, -0.15) is 4.31 Å². The molecule has 1 N–H and O–H groups in total. The number of benzene rings is 1. The molecule has 0 saturated carbocycles. The Bertz CT molecular complexity index is 697. The second kappa shape index (κ2) is 5.53. The second-order valence-electron chi connectivity index (χ2n) is 5.28. The molecule has 0 atom stereocenters. The molecule has 0 unspecified atom stereocenters. The van der Waals surface area contributed by atoms with E-state index in [9.17, 15) is 18.0 Å². The van der Waals surface area contributed by atoms with Gasteiger partial charge in [0.2, 0.25) is 15.9 Å². The average molecular weight is 344 g/mol. The predicted molar refractivity (Wildman–Crippen MR) is 79.7 cm³/mol. The van der Waals surface area contributed by atoms with Crippen LogP contribution in [0.4, 0.5) is 4.79 Å². The fourth-order valence-electron chi connectivity index (χ4n) is 2.49. The van der Waals surface area contributed by atoms with Gasteiger partial charge in [0.1, 0.15) is 0 Å². The first-order valence-corrected chi connectivity index (χ1v) is 8.68. The van der Waals surface area contributed by atoms with Gasteiger partial charge in [-0.15, -0.1) is 0 Å². The van der Waals surface area contributed by atoms with E-state index in [1.807, 2.05) is 0 Å². The van der Waals surface area contributed by atoms with Crippen LogP contribution in [0.2, 0.25) is 5.02 Å². The molecule has 0 aromatic heterocycles. The maximum Gasteiger partial charge on any atom is 0.324 e. The van der Waals surface area contributed by atoms with Gasteiger partial charge < -0.3 is 5.32 Å². The lowest BCUT2D eigenvalue weighted by atomic mass is 10.1. The van der Waals surface area contributed by atoms with Crippen LogP contribution in [0.3, 0.4) is 0 Å². The summed E-state index contributed by atoms with van der Waals surface area (Å²) in [5.74, 6) is -0.443. The average Bonchev–Trinajstić information content (AvgIpc) is 2.71. The highest BCUT2D eigenvalue weighted by atomic mass is 35.5. The maximum atomic E-state index is 12.3. The number of carbonyl (C=O) groups is 2. The molecule has 2 saturated heterocycles. The number of rotatable bonds is 4. The van der Waals surface area contributed by atoms with E-state index in [1.54, 1.807) is 24.3 Å². The number of amides is 3. The summed E-state index contributed by atoms with van der Waals surface area (Å²) >= 11 is 5.77. The van der Waals surface area contributed by atoms with Crippen LogP contribution in [0.25, 0.3) is 0 Å². The maximum absolute atomic E-state index is 12.3. The monoisotopic (exact) mass is 343 g/mol. The van der Waals surface area contributed by atoms with E-state index in [2.05, 4.69) is 5.32 Å². The fourth-order valence-corrected chi connectivity index (χ4v) is 4.21. The van der Waals surface area contributed by atoms with Crippen LogP contribution < -0.4 is 5.32 Å². The molecule has 0 spiro atoms. The number of imide groups is 1. The Hall–Kier alpha value is -1.64. The first kappa shape index (κ1) is 15.3. The molecule has 22 heavy (non-hydrogen) atoms. The molecule has 3 rings (SSSR count). The minimum atomic E-state index is -3.47. The van der Waals surface area contributed by atoms with Crippen molar-refractivity contribution < 1.29 is 18.0 Å². The molecule has 9 heteroatoms. The molecule has 0 bridgehead atoms. The van der Waals surface area contributed by atoms with Crippen LogP contribution in [0.1, 0.15) is 5.56 Å². The van der Waals surface area contributed by atoms with Crippen molar-refractivity contribution in [1.29, 1.82) is 0 Å². The third-order valence-corrected chi connectivity index (χ3v) is 5.76. The standard InChI is InChI=1S/C13H14ClN3O4S/c14-10-3-1-9(2-4-10)8-22(20,21)16-6-11(7-16)17-12(18)5-15-13(17)19/h1-4,11H,5-8H2,(H,15,19). The molecule has 2 heterocycles. The van der Waals surface area contributed by atoms with E-state index in [4.69, 9.17) is 11.6 Å². The van der Waals surface area contributed by atoms with Crippen LogP contribution in [-0.2, 0) is 20.6 Å². The Morgan fingerprint density at radius 1 is 1.18 bits per heavy atom. The molecular weight excluding hydrogens is 330 g/mol. The van der Waals surface area contributed by atoms with Crippen LogP contribution in [0.15, 0.2) is 24.3 Å². The highest BCUT2D eigenvalue weighted by Crippen LogP contribution is 2.23. The number of carbonyl (C=O) groups excluding carboxylic acids is 2. The molecule has 1 aromatic rings. The Kier molecular flexibility index (Phi) is 3.84. The topological polar surface area (TPSA) is 86.8 Å². The zero-order valence-electron chi connectivity index (χ0n) is 11.5. The minimum absolute atomic E-state index is 0.0210. The number of hydrogen-bond acceptors (Lipinski definition) is 4. The van der Waals surface area contributed by atoms with Crippen molar-refractivity contribution in [3.63, 3.8) is 0 Å². The molecule has 0 aliphatic carbocycles. The first-order valence-electron chi connectivity index (χ1n) is 6.69. The van der Waals surface area contributed by atoms with Crippen LogP contribution in [0.5, 0.6) is 0 Å². The van der Waals surface area contributed by atoms with E-state index in [-0.39, 0.29) is 37.3 Å². The van der Waals surface area contributed by atoms with Gasteiger partial charge in [-0.3, -0.25) is 9.69 Å². The lowest BCUT2D eigenvalue weighted by molar-refractivity contribution is -0.128. The zero-order chi connectivity index (χ0) is 15.9. The van der Waals surface area contributed by atoms with Gasteiger partial charge in [-0.05, 0) is 17.7 Å². The second-order valence-corrected chi connectivity index (χ2v) is 7.68. The summed E-state index contributed by atoms with van der Waals surface area (Å²) in [6.45, 7) is 0.275. The highest BCUT2D eigenvalue weighted by Gasteiger charge is 2.45. The highest BCUT2D eigenvalue weighted by molar-refractivity contribution is 7.88. The van der Waals surface area contributed by atoms with Gasteiger partial charge in [0.15, 0.2) is 0 Å². The number of nitrogens with one attached hydrogen (secondary N) is 1. The third-order valence-electron chi connectivity index (χ3n) is 3.73. The fraction of sp³-hybridized carbons (Fsp3) is 0.385. The zero-order valence-corrected chi connectivity index (χ0v) is 13.1. The smallest absolute Gasteiger partial charge is 0.324 e. The van der Waals surface area contributed by atoms with Crippen molar-refractivity contribution >= 4 is 33.6 Å².